The van der Waals surface area contributed by atoms with Gasteiger partial charge in [-0.2, -0.15) is 0 Å². The van der Waals surface area contributed by atoms with Crippen LogP contribution in [-0.2, 0) is 14.5 Å². The van der Waals surface area contributed by atoms with E-state index in [4.69, 9.17) is 9.62 Å². The molecule has 3 nitrogen and oxygen atoms in total. The topological polar surface area (TPSA) is 27.7 Å². The molecule has 0 aromatic carbocycles. The van der Waals surface area contributed by atoms with Crippen molar-refractivity contribution >= 4 is 0 Å². The standard InChI is InChI=1S/C6H8O3/c1-2-5-6(3-1)9-8-4-7-5/h1-2,5-6H,3-4H2/t5-,6+/m1/s1. The van der Waals surface area contributed by atoms with Crippen molar-refractivity contribution in [3.63, 3.8) is 0 Å². The van der Waals surface area contributed by atoms with Crippen LogP contribution in [0.25, 0.3) is 0 Å². The predicted octanol–water partition coefficient (Wildman–Crippen LogP) is 0.619. The fraction of sp³-hybridized carbons (Fsp3) is 0.667. The third kappa shape index (κ3) is 0.871. The zero-order valence-electron chi connectivity index (χ0n) is 4.95. The van der Waals surface area contributed by atoms with E-state index in [2.05, 4.69) is 4.89 Å². The van der Waals surface area contributed by atoms with Gasteiger partial charge in [0.25, 0.3) is 0 Å². The molecule has 1 aliphatic carbocycles. The van der Waals surface area contributed by atoms with Crippen molar-refractivity contribution in [1.82, 2.24) is 0 Å². The molecule has 0 radical (unpaired) electrons. The zero-order chi connectivity index (χ0) is 6.10. The van der Waals surface area contributed by atoms with Gasteiger partial charge < -0.3 is 4.74 Å². The summed E-state index contributed by atoms with van der Waals surface area (Å²) in [6.07, 6.45) is 5.21. The SMILES string of the molecule is C1=C[C@H]2OCOO[C@H]2C1. The highest BCUT2D eigenvalue weighted by atomic mass is 17.2. The summed E-state index contributed by atoms with van der Waals surface area (Å²) < 4.78 is 5.17. The Balaban J connectivity index is 2.03. The number of ether oxygens (including phenoxy) is 1. The van der Waals surface area contributed by atoms with Crippen LogP contribution in [0, 0.1) is 0 Å². The summed E-state index contributed by atoms with van der Waals surface area (Å²) in [4.78, 5) is 9.54. The second kappa shape index (κ2) is 2.10. The molecule has 2 rings (SSSR count). The molecule has 1 heterocycles. The first-order valence-electron chi connectivity index (χ1n) is 3.03. The van der Waals surface area contributed by atoms with Gasteiger partial charge in [0, 0.05) is 0 Å². The average Bonchev–Trinajstić information content (AvgIpc) is 2.33. The van der Waals surface area contributed by atoms with E-state index in [0.29, 0.717) is 0 Å². The van der Waals surface area contributed by atoms with E-state index in [0.717, 1.165) is 6.42 Å². The zero-order valence-corrected chi connectivity index (χ0v) is 4.95. The summed E-state index contributed by atoms with van der Waals surface area (Å²) in [7, 11) is 0. The van der Waals surface area contributed by atoms with E-state index in [-0.39, 0.29) is 19.0 Å². The lowest BCUT2D eigenvalue weighted by atomic mass is 10.2. The molecule has 0 N–H and O–H groups in total. The molecule has 9 heavy (non-hydrogen) atoms. The average molecular weight is 128 g/mol. The van der Waals surface area contributed by atoms with Gasteiger partial charge in [-0.15, -0.1) is 0 Å². The summed E-state index contributed by atoms with van der Waals surface area (Å²) in [5.41, 5.74) is 0. The Morgan fingerprint density at radius 2 is 2.44 bits per heavy atom. The van der Waals surface area contributed by atoms with E-state index in [1.165, 1.54) is 0 Å². The molecule has 50 valence electrons. The Hall–Kier alpha value is -0.380. The van der Waals surface area contributed by atoms with Gasteiger partial charge in [0.05, 0.1) is 0 Å². The minimum atomic E-state index is 0.110. The second-order valence-corrected chi connectivity index (χ2v) is 2.17. The van der Waals surface area contributed by atoms with Gasteiger partial charge in [-0.1, -0.05) is 12.2 Å². The molecule has 2 atom stereocenters. The number of hydrogen-bond acceptors (Lipinski definition) is 3. The first kappa shape index (κ1) is 5.41. The van der Waals surface area contributed by atoms with Crippen molar-refractivity contribution in [3.8, 4) is 0 Å². The van der Waals surface area contributed by atoms with Crippen LogP contribution in [0.4, 0.5) is 0 Å². The van der Waals surface area contributed by atoms with Crippen LogP contribution in [0.15, 0.2) is 12.2 Å². The smallest absolute Gasteiger partial charge is 0.181 e. The summed E-state index contributed by atoms with van der Waals surface area (Å²) >= 11 is 0. The third-order valence-corrected chi connectivity index (χ3v) is 1.56. The van der Waals surface area contributed by atoms with Crippen LogP contribution in [0.3, 0.4) is 0 Å². The normalized spacial score (nSPS) is 40.9. The number of fused-ring (bicyclic) bond motifs is 1. The molecule has 2 aliphatic rings. The summed E-state index contributed by atoms with van der Waals surface area (Å²) in [5, 5.41) is 0. The molecule has 0 unspecified atom stereocenters. The number of hydrogen-bond donors (Lipinski definition) is 0. The minimum absolute atomic E-state index is 0.110. The summed E-state index contributed by atoms with van der Waals surface area (Å²) in [5.74, 6) is 0. The molecule has 0 aromatic rings. The molecule has 0 spiro atoms. The fourth-order valence-electron chi connectivity index (χ4n) is 1.08. The molecule has 1 fully saturated rings. The van der Waals surface area contributed by atoms with Gasteiger partial charge in [-0.25, -0.2) is 9.78 Å². The monoisotopic (exact) mass is 128 g/mol. The van der Waals surface area contributed by atoms with Gasteiger partial charge in [-0.3, -0.25) is 0 Å². The van der Waals surface area contributed by atoms with Crippen LogP contribution in [0.2, 0.25) is 0 Å². The lowest BCUT2D eigenvalue weighted by Gasteiger charge is -2.23. The molecule has 0 amide bonds. The van der Waals surface area contributed by atoms with Crippen molar-refractivity contribution in [2.24, 2.45) is 0 Å². The largest absolute Gasteiger partial charge is 0.342 e. The molecule has 1 aliphatic heterocycles. The Labute approximate surface area is 53.1 Å². The van der Waals surface area contributed by atoms with Gasteiger partial charge in [-0.05, 0) is 6.42 Å². The maximum atomic E-state index is 5.17. The van der Waals surface area contributed by atoms with Crippen molar-refractivity contribution in [3.05, 3.63) is 12.2 Å². The quantitative estimate of drug-likeness (QED) is 0.353. The maximum absolute atomic E-state index is 5.17. The molecule has 1 saturated heterocycles. The van der Waals surface area contributed by atoms with Gasteiger partial charge >= 0.3 is 0 Å². The summed E-state index contributed by atoms with van der Waals surface area (Å²) in [6, 6.07) is 0. The van der Waals surface area contributed by atoms with Crippen molar-refractivity contribution in [1.29, 1.82) is 0 Å². The van der Waals surface area contributed by atoms with Crippen LogP contribution in [-0.4, -0.2) is 19.0 Å². The van der Waals surface area contributed by atoms with Crippen LogP contribution >= 0.6 is 0 Å². The Kier molecular flexibility index (Phi) is 1.26. The minimum Gasteiger partial charge on any atom is -0.342 e. The van der Waals surface area contributed by atoms with Crippen molar-refractivity contribution in [2.75, 3.05) is 6.79 Å². The highest BCUT2D eigenvalue weighted by Crippen LogP contribution is 2.21. The summed E-state index contributed by atoms with van der Waals surface area (Å²) in [6.45, 7) is 0.255. The van der Waals surface area contributed by atoms with Crippen LogP contribution in [0.1, 0.15) is 6.42 Å². The molecular formula is C6H8O3. The van der Waals surface area contributed by atoms with E-state index < -0.39 is 0 Å². The molecule has 3 heteroatoms. The Morgan fingerprint density at radius 1 is 1.44 bits per heavy atom. The lowest BCUT2D eigenvalue weighted by Crippen LogP contribution is -2.32. The molecule has 0 saturated carbocycles. The Bertz CT molecular complexity index is 132. The fourth-order valence-corrected chi connectivity index (χ4v) is 1.08. The molecular weight excluding hydrogens is 120 g/mol. The first-order chi connectivity index (χ1) is 4.47. The highest BCUT2D eigenvalue weighted by molar-refractivity contribution is 5.03. The van der Waals surface area contributed by atoms with E-state index >= 15 is 0 Å². The van der Waals surface area contributed by atoms with Crippen molar-refractivity contribution < 1.29 is 14.5 Å². The molecule has 0 aromatic heterocycles. The van der Waals surface area contributed by atoms with Gasteiger partial charge in [0.2, 0.25) is 0 Å². The Morgan fingerprint density at radius 3 is 3.33 bits per heavy atom. The van der Waals surface area contributed by atoms with Crippen molar-refractivity contribution in [2.45, 2.75) is 18.6 Å². The first-order valence-corrected chi connectivity index (χ1v) is 3.03. The maximum Gasteiger partial charge on any atom is 0.181 e. The molecule has 0 bridgehead atoms. The highest BCUT2D eigenvalue weighted by Gasteiger charge is 2.28. The lowest BCUT2D eigenvalue weighted by molar-refractivity contribution is -0.411. The van der Waals surface area contributed by atoms with Crippen LogP contribution in [0.5, 0.6) is 0 Å². The van der Waals surface area contributed by atoms with Gasteiger partial charge in [0.15, 0.2) is 6.79 Å². The van der Waals surface area contributed by atoms with E-state index in [1.54, 1.807) is 0 Å². The van der Waals surface area contributed by atoms with E-state index in [9.17, 15) is 0 Å². The second-order valence-electron chi connectivity index (χ2n) is 2.17. The van der Waals surface area contributed by atoms with Crippen LogP contribution < -0.4 is 0 Å². The van der Waals surface area contributed by atoms with E-state index in [1.807, 2.05) is 12.2 Å². The third-order valence-electron chi connectivity index (χ3n) is 1.56. The van der Waals surface area contributed by atoms with Gasteiger partial charge in [0.1, 0.15) is 12.2 Å². The number of rotatable bonds is 0. The predicted molar refractivity (Wildman–Crippen MR) is 29.5 cm³/mol.